The van der Waals surface area contributed by atoms with Crippen molar-refractivity contribution in [3.63, 3.8) is 0 Å². The fourth-order valence-electron chi connectivity index (χ4n) is 2.11. The van der Waals surface area contributed by atoms with Crippen LogP contribution in [0.1, 0.15) is 10.5 Å². The number of aromatic carboxylic acids is 1. The molecule has 100 valence electrons. The van der Waals surface area contributed by atoms with Crippen LogP contribution in [0.15, 0.2) is 42.6 Å². The van der Waals surface area contributed by atoms with Crippen LogP contribution in [0.5, 0.6) is 0 Å². The number of rotatable bonds is 2. The molecule has 0 amide bonds. The average Bonchev–Trinajstić information content (AvgIpc) is 2.77. The first-order valence-corrected chi connectivity index (χ1v) is 5.83. The maximum Gasteiger partial charge on any atom is 0.355 e. The Morgan fingerprint density at radius 1 is 1.30 bits per heavy atom. The number of nitrogen functional groups attached to an aromatic ring is 1. The highest BCUT2D eigenvalue weighted by Crippen LogP contribution is 2.26. The van der Waals surface area contributed by atoms with Gasteiger partial charge in [-0.05, 0) is 24.3 Å². The monoisotopic (exact) mass is 271 g/mol. The molecular formula is C14H10FN3O2. The smallest absolute Gasteiger partial charge is 0.355 e. The molecule has 0 saturated carbocycles. The first kappa shape index (κ1) is 12.2. The minimum Gasteiger partial charge on any atom is -0.476 e. The number of anilines is 1. The molecular weight excluding hydrogens is 261 g/mol. The number of imidazole rings is 1. The molecule has 0 fully saturated rings. The van der Waals surface area contributed by atoms with Crippen LogP contribution in [0.3, 0.4) is 0 Å². The van der Waals surface area contributed by atoms with Crippen molar-refractivity contribution in [2.75, 3.05) is 5.73 Å². The molecule has 20 heavy (non-hydrogen) atoms. The minimum absolute atomic E-state index is 0.0925. The van der Waals surface area contributed by atoms with Gasteiger partial charge >= 0.3 is 5.97 Å². The second kappa shape index (κ2) is 4.34. The van der Waals surface area contributed by atoms with Gasteiger partial charge in [-0.25, -0.2) is 14.2 Å². The zero-order chi connectivity index (χ0) is 14.3. The molecule has 2 heterocycles. The molecule has 6 heteroatoms. The summed E-state index contributed by atoms with van der Waals surface area (Å²) in [6.07, 6.45) is 1.10. The van der Waals surface area contributed by atoms with Gasteiger partial charge in [0.15, 0.2) is 5.69 Å². The fraction of sp³-hybridized carbons (Fsp3) is 0. The lowest BCUT2D eigenvalue weighted by Crippen LogP contribution is -2.04. The van der Waals surface area contributed by atoms with Gasteiger partial charge in [-0.3, -0.25) is 4.40 Å². The number of halogens is 1. The van der Waals surface area contributed by atoms with E-state index in [1.807, 2.05) is 0 Å². The molecule has 2 aromatic heterocycles. The molecule has 0 spiro atoms. The van der Waals surface area contributed by atoms with Crippen molar-refractivity contribution in [3.05, 3.63) is 54.1 Å². The number of carbonyl (C=O) groups is 1. The van der Waals surface area contributed by atoms with E-state index >= 15 is 0 Å². The fourth-order valence-corrected chi connectivity index (χ4v) is 2.11. The number of hydrogen-bond acceptors (Lipinski definition) is 3. The zero-order valence-electron chi connectivity index (χ0n) is 10.2. The van der Waals surface area contributed by atoms with Crippen LogP contribution in [0.25, 0.3) is 16.9 Å². The van der Waals surface area contributed by atoms with Gasteiger partial charge in [0.05, 0.1) is 0 Å². The van der Waals surface area contributed by atoms with Gasteiger partial charge in [0.1, 0.15) is 17.2 Å². The third kappa shape index (κ3) is 1.87. The topological polar surface area (TPSA) is 80.6 Å². The van der Waals surface area contributed by atoms with Gasteiger partial charge in [-0.15, -0.1) is 0 Å². The molecule has 0 aliphatic carbocycles. The van der Waals surface area contributed by atoms with Crippen molar-refractivity contribution in [1.29, 1.82) is 0 Å². The van der Waals surface area contributed by atoms with E-state index in [-0.39, 0.29) is 11.4 Å². The maximum atomic E-state index is 13.3. The minimum atomic E-state index is -1.18. The molecule has 0 aliphatic heterocycles. The number of benzene rings is 1. The number of nitrogens with zero attached hydrogens (tertiary/aromatic N) is 2. The number of fused-ring (bicyclic) bond motifs is 1. The molecule has 5 nitrogen and oxygen atoms in total. The first-order chi connectivity index (χ1) is 9.56. The summed E-state index contributed by atoms with van der Waals surface area (Å²) >= 11 is 0. The number of carboxylic acid groups (broad SMARTS) is 1. The molecule has 3 rings (SSSR count). The number of nitrogens with two attached hydrogens (primary N) is 1. The van der Waals surface area contributed by atoms with Crippen molar-refractivity contribution in [2.24, 2.45) is 0 Å². The van der Waals surface area contributed by atoms with Crippen LogP contribution in [0, 0.1) is 5.82 Å². The summed E-state index contributed by atoms with van der Waals surface area (Å²) in [6.45, 7) is 0. The van der Waals surface area contributed by atoms with Crippen molar-refractivity contribution in [3.8, 4) is 11.3 Å². The van der Waals surface area contributed by atoms with Crippen LogP contribution in [-0.2, 0) is 0 Å². The number of hydrogen-bond donors (Lipinski definition) is 2. The Kier molecular flexibility index (Phi) is 2.64. The summed E-state index contributed by atoms with van der Waals surface area (Å²) in [5, 5.41) is 9.36. The van der Waals surface area contributed by atoms with Crippen LogP contribution < -0.4 is 5.73 Å². The summed E-state index contributed by atoms with van der Waals surface area (Å²) in [7, 11) is 0. The third-order valence-electron chi connectivity index (χ3n) is 2.95. The molecule has 0 unspecified atom stereocenters. The molecule has 0 aliphatic rings. The Hall–Kier alpha value is -2.89. The van der Waals surface area contributed by atoms with E-state index in [1.165, 1.54) is 16.5 Å². The Balaban J connectivity index is 2.35. The highest BCUT2D eigenvalue weighted by molar-refractivity contribution is 5.95. The number of aromatic nitrogens is 2. The summed E-state index contributed by atoms with van der Waals surface area (Å²) < 4.78 is 14.5. The largest absolute Gasteiger partial charge is 0.476 e. The summed E-state index contributed by atoms with van der Waals surface area (Å²) in [6, 6.07) is 9.40. The van der Waals surface area contributed by atoms with Gasteiger partial charge in [-0.2, -0.15) is 0 Å². The Labute approximate surface area is 113 Å². The maximum absolute atomic E-state index is 13.3. The summed E-state index contributed by atoms with van der Waals surface area (Å²) in [5.74, 6) is -1.71. The van der Waals surface area contributed by atoms with Crippen LogP contribution in [0.2, 0.25) is 0 Å². The summed E-state index contributed by atoms with van der Waals surface area (Å²) in [4.78, 5) is 15.7. The van der Waals surface area contributed by atoms with Gasteiger partial charge in [0, 0.05) is 17.4 Å². The second-order valence-corrected chi connectivity index (χ2v) is 4.32. The van der Waals surface area contributed by atoms with E-state index in [0.29, 0.717) is 16.9 Å². The third-order valence-corrected chi connectivity index (χ3v) is 2.95. The van der Waals surface area contributed by atoms with Gasteiger partial charge < -0.3 is 10.8 Å². The quantitative estimate of drug-likeness (QED) is 0.701. The molecule has 0 bridgehead atoms. The standard InChI is InChI=1S/C14H10FN3O2/c15-9-4-5-11-17-12(8-2-1-3-10(16)6-8)13(14(19)20)18(11)7-9/h1-7H,16H2,(H,19,20). The summed E-state index contributed by atoms with van der Waals surface area (Å²) in [5.41, 5.74) is 7.31. The van der Waals surface area contributed by atoms with Crippen molar-refractivity contribution in [1.82, 2.24) is 9.38 Å². The van der Waals surface area contributed by atoms with E-state index in [9.17, 15) is 14.3 Å². The van der Waals surface area contributed by atoms with Crippen molar-refractivity contribution < 1.29 is 14.3 Å². The Morgan fingerprint density at radius 2 is 2.10 bits per heavy atom. The average molecular weight is 271 g/mol. The van der Waals surface area contributed by atoms with Crippen molar-refractivity contribution in [2.45, 2.75) is 0 Å². The highest BCUT2D eigenvalue weighted by atomic mass is 19.1. The molecule has 0 radical (unpaired) electrons. The van der Waals surface area contributed by atoms with E-state index in [0.717, 1.165) is 6.20 Å². The predicted octanol–water partition coefficient (Wildman–Crippen LogP) is 2.42. The SMILES string of the molecule is Nc1cccc(-c2nc3ccc(F)cn3c2C(=O)O)c1. The van der Waals surface area contributed by atoms with Gasteiger partial charge in [-0.1, -0.05) is 12.1 Å². The first-order valence-electron chi connectivity index (χ1n) is 5.83. The van der Waals surface area contributed by atoms with E-state index in [4.69, 9.17) is 5.73 Å². The van der Waals surface area contributed by atoms with Crippen LogP contribution in [-0.4, -0.2) is 20.5 Å². The van der Waals surface area contributed by atoms with E-state index < -0.39 is 11.8 Å². The Morgan fingerprint density at radius 3 is 2.80 bits per heavy atom. The normalized spacial score (nSPS) is 10.8. The van der Waals surface area contributed by atoms with Crippen LogP contribution in [0.4, 0.5) is 10.1 Å². The van der Waals surface area contributed by atoms with Gasteiger partial charge in [0.25, 0.3) is 0 Å². The molecule has 0 saturated heterocycles. The van der Waals surface area contributed by atoms with Crippen molar-refractivity contribution >= 4 is 17.3 Å². The Bertz CT molecular complexity index is 826. The number of pyridine rings is 1. The second-order valence-electron chi connectivity index (χ2n) is 4.32. The predicted molar refractivity (Wildman–Crippen MR) is 72.0 cm³/mol. The molecule has 3 aromatic rings. The molecule has 3 N–H and O–H groups in total. The lowest BCUT2D eigenvalue weighted by molar-refractivity contribution is 0.0690. The lowest BCUT2D eigenvalue weighted by Gasteiger charge is -2.01. The van der Waals surface area contributed by atoms with Crippen LogP contribution >= 0.6 is 0 Å². The van der Waals surface area contributed by atoms with Gasteiger partial charge in [0.2, 0.25) is 0 Å². The number of carboxylic acids is 1. The molecule has 1 aromatic carbocycles. The zero-order valence-corrected chi connectivity index (χ0v) is 10.2. The lowest BCUT2D eigenvalue weighted by atomic mass is 10.1. The van der Waals surface area contributed by atoms with E-state index in [1.54, 1.807) is 24.3 Å². The molecule has 0 atom stereocenters. The van der Waals surface area contributed by atoms with E-state index in [2.05, 4.69) is 4.98 Å². The highest BCUT2D eigenvalue weighted by Gasteiger charge is 2.20.